The molecule has 0 radical (unpaired) electrons. The van der Waals surface area contributed by atoms with Crippen molar-refractivity contribution in [3.8, 4) is 0 Å². The highest BCUT2D eigenvalue weighted by Gasteiger charge is 2.19. The molecule has 70 valence electrons. The van der Waals surface area contributed by atoms with Crippen molar-refractivity contribution < 1.29 is 0 Å². The van der Waals surface area contributed by atoms with Gasteiger partial charge >= 0.3 is 0 Å². The SMILES string of the molecule is CC(C)c1cccc2c1CCN2C. The molecule has 0 amide bonds. The molecule has 0 bridgehead atoms. The van der Waals surface area contributed by atoms with Crippen LogP contribution in [0.3, 0.4) is 0 Å². The third-order valence-electron chi connectivity index (χ3n) is 2.92. The highest BCUT2D eigenvalue weighted by Crippen LogP contribution is 2.32. The highest BCUT2D eigenvalue weighted by atomic mass is 15.1. The van der Waals surface area contributed by atoms with Crippen LogP contribution in [-0.2, 0) is 6.42 Å². The summed E-state index contributed by atoms with van der Waals surface area (Å²) in [5.74, 6) is 0.654. The first-order valence-electron chi connectivity index (χ1n) is 5.03. The molecule has 0 saturated carbocycles. The molecule has 0 N–H and O–H groups in total. The lowest BCUT2D eigenvalue weighted by Crippen LogP contribution is -2.12. The molecule has 0 saturated heterocycles. The van der Waals surface area contributed by atoms with Gasteiger partial charge in [0, 0.05) is 19.3 Å². The monoisotopic (exact) mass is 175 g/mol. The molecule has 0 aliphatic carbocycles. The number of benzene rings is 1. The second-order valence-electron chi connectivity index (χ2n) is 4.17. The molecule has 1 aliphatic rings. The maximum atomic E-state index is 2.35. The van der Waals surface area contributed by atoms with Gasteiger partial charge < -0.3 is 4.90 Å². The first-order valence-corrected chi connectivity index (χ1v) is 5.03. The van der Waals surface area contributed by atoms with Crippen molar-refractivity contribution in [2.45, 2.75) is 26.2 Å². The smallest absolute Gasteiger partial charge is 0.0399 e. The Morgan fingerprint density at radius 1 is 1.31 bits per heavy atom. The normalized spacial score (nSPS) is 15.2. The van der Waals surface area contributed by atoms with Crippen molar-refractivity contribution in [3.63, 3.8) is 0 Å². The number of fused-ring (bicyclic) bond motifs is 1. The van der Waals surface area contributed by atoms with E-state index in [2.05, 4.69) is 44.0 Å². The van der Waals surface area contributed by atoms with E-state index in [1.54, 1.807) is 5.56 Å². The van der Waals surface area contributed by atoms with Gasteiger partial charge in [-0.3, -0.25) is 0 Å². The number of rotatable bonds is 1. The average Bonchev–Trinajstić information content (AvgIpc) is 2.48. The molecule has 0 unspecified atom stereocenters. The zero-order valence-corrected chi connectivity index (χ0v) is 8.67. The summed E-state index contributed by atoms with van der Waals surface area (Å²) < 4.78 is 0. The number of anilines is 1. The van der Waals surface area contributed by atoms with Crippen LogP contribution in [-0.4, -0.2) is 13.6 Å². The zero-order chi connectivity index (χ0) is 9.42. The summed E-state index contributed by atoms with van der Waals surface area (Å²) >= 11 is 0. The van der Waals surface area contributed by atoms with E-state index in [1.807, 2.05) is 0 Å². The van der Waals surface area contributed by atoms with Gasteiger partial charge in [-0.05, 0) is 29.5 Å². The molecule has 1 heteroatoms. The van der Waals surface area contributed by atoms with E-state index in [0.29, 0.717) is 5.92 Å². The van der Waals surface area contributed by atoms with E-state index in [9.17, 15) is 0 Å². The Labute approximate surface area is 80.4 Å². The van der Waals surface area contributed by atoms with E-state index in [0.717, 1.165) is 0 Å². The molecule has 1 nitrogen and oxygen atoms in total. The maximum Gasteiger partial charge on any atom is 0.0399 e. The van der Waals surface area contributed by atoms with Gasteiger partial charge in [-0.2, -0.15) is 0 Å². The largest absolute Gasteiger partial charge is 0.374 e. The Balaban J connectivity index is 2.51. The van der Waals surface area contributed by atoms with Crippen LogP contribution >= 0.6 is 0 Å². The number of likely N-dealkylation sites (N-methyl/N-ethyl adjacent to an activating group) is 1. The molecule has 0 atom stereocenters. The van der Waals surface area contributed by atoms with Gasteiger partial charge in [0.05, 0.1) is 0 Å². The van der Waals surface area contributed by atoms with Crippen molar-refractivity contribution in [2.75, 3.05) is 18.5 Å². The van der Waals surface area contributed by atoms with Gasteiger partial charge in [-0.25, -0.2) is 0 Å². The number of hydrogen-bond donors (Lipinski definition) is 0. The summed E-state index contributed by atoms with van der Waals surface area (Å²) in [6.07, 6.45) is 1.22. The van der Waals surface area contributed by atoms with Crippen molar-refractivity contribution in [3.05, 3.63) is 29.3 Å². The van der Waals surface area contributed by atoms with Crippen LogP contribution in [0.5, 0.6) is 0 Å². The fraction of sp³-hybridized carbons (Fsp3) is 0.500. The Kier molecular flexibility index (Phi) is 2.03. The molecule has 1 aliphatic heterocycles. The van der Waals surface area contributed by atoms with Crippen LogP contribution in [0.15, 0.2) is 18.2 Å². The maximum absolute atomic E-state index is 2.35. The van der Waals surface area contributed by atoms with E-state index >= 15 is 0 Å². The molecular formula is C12H17N. The standard InChI is InChI=1S/C12H17N/c1-9(2)10-5-4-6-12-11(10)7-8-13(12)3/h4-6,9H,7-8H2,1-3H3. The van der Waals surface area contributed by atoms with Gasteiger partial charge in [-0.15, -0.1) is 0 Å². The molecule has 0 fully saturated rings. The second kappa shape index (κ2) is 3.06. The Hall–Kier alpha value is -0.980. The molecule has 13 heavy (non-hydrogen) atoms. The summed E-state index contributed by atoms with van der Waals surface area (Å²) in [6.45, 7) is 5.72. The van der Waals surface area contributed by atoms with Crippen LogP contribution in [0.25, 0.3) is 0 Å². The lowest BCUT2D eigenvalue weighted by molar-refractivity contribution is 0.847. The quantitative estimate of drug-likeness (QED) is 0.634. The minimum Gasteiger partial charge on any atom is -0.374 e. The Bertz CT molecular complexity index is 315. The highest BCUT2D eigenvalue weighted by molar-refractivity contribution is 5.60. The van der Waals surface area contributed by atoms with Gasteiger partial charge in [0.15, 0.2) is 0 Å². The fourth-order valence-electron chi connectivity index (χ4n) is 2.16. The van der Waals surface area contributed by atoms with Crippen LogP contribution in [0, 0.1) is 0 Å². The summed E-state index contributed by atoms with van der Waals surface area (Å²) in [4.78, 5) is 2.35. The van der Waals surface area contributed by atoms with Crippen molar-refractivity contribution in [1.29, 1.82) is 0 Å². The first-order chi connectivity index (χ1) is 6.20. The molecule has 1 aromatic carbocycles. The first kappa shape index (κ1) is 8.61. The molecule has 0 aromatic heterocycles. The predicted molar refractivity (Wildman–Crippen MR) is 57.5 cm³/mol. The van der Waals surface area contributed by atoms with Crippen molar-refractivity contribution in [2.24, 2.45) is 0 Å². The van der Waals surface area contributed by atoms with E-state index in [4.69, 9.17) is 0 Å². The minimum atomic E-state index is 0.654. The van der Waals surface area contributed by atoms with Gasteiger partial charge in [-0.1, -0.05) is 26.0 Å². The number of hydrogen-bond acceptors (Lipinski definition) is 1. The molecule has 0 spiro atoms. The summed E-state index contributed by atoms with van der Waals surface area (Å²) in [7, 11) is 2.18. The van der Waals surface area contributed by atoms with Crippen molar-refractivity contribution in [1.82, 2.24) is 0 Å². The third-order valence-corrected chi connectivity index (χ3v) is 2.92. The van der Waals surface area contributed by atoms with Crippen LogP contribution < -0.4 is 4.90 Å². The Morgan fingerprint density at radius 2 is 2.08 bits per heavy atom. The van der Waals surface area contributed by atoms with Gasteiger partial charge in [0.2, 0.25) is 0 Å². The van der Waals surface area contributed by atoms with Crippen LogP contribution in [0.1, 0.15) is 30.9 Å². The molecule has 2 rings (SSSR count). The van der Waals surface area contributed by atoms with Gasteiger partial charge in [0.1, 0.15) is 0 Å². The van der Waals surface area contributed by atoms with E-state index in [1.165, 1.54) is 24.2 Å². The van der Waals surface area contributed by atoms with Crippen LogP contribution in [0.4, 0.5) is 5.69 Å². The summed E-state index contributed by atoms with van der Waals surface area (Å²) in [6, 6.07) is 6.67. The minimum absolute atomic E-state index is 0.654. The number of nitrogens with zero attached hydrogens (tertiary/aromatic N) is 1. The van der Waals surface area contributed by atoms with E-state index < -0.39 is 0 Å². The lowest BCUT2D eigenvalue weighted by Gasteiger charge is -2.14. The lowest BCUT2D eigenvalue weighted by atomic mass is 9.96. The molecule has 1 aromatic rings. The summed E-state index contributed by atoms with van der Waals surface area (Å²) in [5, 5.41) is 0. The topological polar surface area (TPSA) is 3.24 Å². The average molecular weight is 175 g/mol. The summed E-state index contributed by atoms with van der Waals surface area (Å²) in [5.41, 5.74) is 4.54. The predicted octanol–water partition coefficient (Wildman–Crippen LogP) is 2.80. The molecular weight excluding hydrogens is 158 g/mol. The van der Waals surface area contributed by atoms with E-state index in [-0.39, 0.29) is 0 Å². The molecule has 1 heterocycles. The van der Waals surface area contributed by atoms with Gasteiger partial charge in [0.25, 0.3) is 0 Å². The zero-order valence-electron chi connectivity index (χ0n) is 8.67. The Morgan fingerprint density at radius 3 is 2.77 bits per heavy atom. The third kappa shape index (κ3) is 1.32. The van der Waals surface area contributed by atoms with Crippen LogP contribution in [0.2, 0.25) is 0 Å². The second-order valence-corrected chi connectivity index (χ2v) is 4.17. The van der Waals surface area contributed by atoms with Crippen molar-refractivity contribution >= 4 is 5.69 Å². The fourth-order valence-corrected chi connectivity index (χ4v) is 2.16.